The summed E-state index contributed by atoms with van der Waals surface area (Å²) in [6, 6.07) is 2.07. The molecule has 0 bridgehead atoms. The number of unbranched alkanes of at least 4 members (excludes halogenated alkanes) is 2. The molecule has 5 nitrogen and oxygen atoms in total. The van der Waals surface area contributed by atoms with E-state index in [9.17, 15) is 9.59 Å². The van der Waals surface area contributed by atoms with Crippen molar-refractivity contribution in [1.29, 1.82) is 0 Å². The molecule has 0 aliphatic carbocycles. The lowest BCUT2D eigenvalue weighted by Gasteiger charge is -2.27. The van der Waals surface area contributed by atoms with E-state index in [0.29, 0.717) is 19.5 Å². The smallest absolute Gasteiger partial charge is 0.317 e. The third-order valence-electron chi connectivity index (χ3n) is 3.44. The molecule has 0 aromatic carbocycles. The number of nitrogens with one attached hydrogen (secondary N) is 1. The van der Waals surface area contributed by atoms with Crippen LogP contribution in [0.2, 0.25) is 0 Å². The highest BCUT2D eigenvalue weighted by Gasteiger charge is 2.20. The average Bonchev–Trinajstić information content (AvgIpc) is 2.89. The van der Waals surface area contributed by atoms with Crippen LogP contribution in [0, 0.1) is 0 Å². The molecule has 0 unspecified atom stereocenters. The molecule has 1 aliphatic rings. The first-order valence-corrected chi connectivity index (χ1v) is 7.84. The summed E-state index contributed by atoms with van der Waals surface area (Å²) >= 11 is 1.76. The van der Waals surface area contributed by atoms with E-state index in [2.05, 4.69) is 16.8 Å². The van der Waals surface area contributed by atoms with Crippen molar-refractivity contribution >= 4 is 23.3 Å². The fraction of sp³-hybridized carbons (Fsp3) is 0.571. The second-order valence-corrected chi connectivity index (χ2v) is 5.98. The van der Waals surface area contributed by atoms with Crippen LogP contribution >= 0.6 is 11.3 Å². The van der Waals surface area contributed by atoms with Gasteiger partial charge in [-0.3, -0.25) is 4.79 Å². The Hall–Kier alpha value is -1.56. The van der Waals surface area contributed by atoms with Crippen molar-refractivity contribution in [3.05, 3.63) is 21.9 Å². The van der Waals surface area contributed by atoms with Gasteiger partial charge < -0.3 is 15.3 Å². The molecule has 0 saturated carbocycles. The van der Waals surface area contributed by atoms with Gasteiger partial charge >= 0.3 is 12.0 Å². The Morgan fingerprint density at radius 1 is 1.35 bits per heavy atom. The number of amides is 2. The summed E-state index contributed by atoms with van der Waals surface area (Å²) in [7, 11) is 0. The SMILES string of the molecule is O=C(O)CCCCCNC(=O)N1CCc2sccc2C1. The number of carboxylic acid groups (broad SMARTS) is 1. The number of hydrogen-bond acceptors (Lipinski definition) is 3. The fourth-order valence-corrected chi connectivity index (χ4v) is 3.20. The maximum atomic E-state index is 12.0. The molecule has 2 amide bonds. The number of urea groups is 1. The van der Waals surface area contributed by atoms with Gasteiger partial charge in [0, 0.05) is 30.9 Å². The molecule has 1 aliphatic heterocycles. The number of aliphatic carboxylic acids is 1. The van der Waals surface area contributed by atoms with Gasteiger partial charge in [-0.25, -0.2) is 4.79 Å². The van der Waals surface area contributed by atoms with Crippen LogP contribution in [-0.2, 0) is 17.8 Å². The van der Waals surface area contributed by atoms with Crippen molar-refractivity contribution in [2.24, 2.45) is 0 Å². The molecule has 2 rings (SSSR count). The lowest BCUT2D eigenvalue weighted by molar-refractivity contribution is -0.137. The van der Waals surface area contributed by atoms with Crippen LogP contribution in [0.25, 0.3) is 0 Å². The molecule has 0 atom stereocenters. The van der Waals surface area contributed by atoms with Crippen molar-refractivity contribution in [2.45, 2.75) is 38.6 Å². The van der Waals surface area contributed by atoms with E-state index in [-0.39, 0.29) is 12.5 Å². The second-order valence-electron chi connectivity index (χ2n) is 4.98. The molecule has 1 aromatic heterocycles. The molecule has 2 heterocycles. The van der Waals surface area contributed by atoms with Crippen LogP contribution in [0.3, 0.4) is 0 Å². The number of nitrogens with zero attached hydrogens (tertiary/aromatic N) is 1. The zero-order valence-corrected chi connectivity index (χ0v) is 12.2. The minimum absolute atomic E-state index is 0.0138. The lowest BCUT2D eigenvalue weighted by atomic mass is 10.1. The summed E-state index contributed by atoms with van der Waals surface area (Å²) in [5.41, 5.74) is 1.26. The Kier molecular flexibility index (Phi) is 5.40. The number of hydrogen-bond donors (Lipinski definition) is 2. The van der Waals surface area contributed by atoms with Gasteiger partial charge in [0.15, 0.2) is 0 Å². The number of carbonyl (C=O) groups excluding carboxylic acids is 1. The van der Waals surface area contributed by atoms with E-state index in [1.54, 1.807) is 11.3 Å². The zero-order chi connectivity index (χ0) is 14.4. The molecule has 0 radical (unpaired) electrons. The van der Waals surface area contributed by atoms with E-state index >= 15 is 0 Å². The van der Waals surface area contributed by atoms with Gasteiger partial charge in [-0.05, 0) is 36.3 Å². The summed E-state index contributed by atoms with van der Waals surface area (Å²) in [6.07, 6.45) is 3.49. The van der Waals surface area contributed by atoms with E-state index < -0.39 is 5.97 Å². The van der Waals surface area contributed by atoms with Crippen molar-refractivity contribution in [3.63, 3.8) is 0 Å². The van der Waals surface area contributed by atoms with Crippen LogP contribution in [0.1, 0.15) is 36.1 Å². The first-order valence-electron chi connectivity index (χ1n) is 6.96. The molecule has 0 fully saturated rings. The van der Waals surface area contributed by atoms with Crippen molar-refractivity contribution in [1.82, 2.24) is 10.2 Å². The summed E-state index contributed by atoms with van der Waals surface area (Å²) in [4.78, 5) is 25.6. The number of carbonyl (C=O) groups is 2. The quantitative estimate of drug-likeness (QED) is 0.792. The minimum atomic E-state index is -0.756. The molecule has 0 spiro atoms. The molecule has 6 heteroatoms. The zero-order valence-electron chi connectivity index (χ0n) is 11.4. The molecule has 1 aromatic rings. The number of fused-ring (bicyclic) bond motifs is 1. The highest BCUT2D eigenvalue weighted by Crippen LogP contribution is 2.23. The van der Waals surface area contributed by atoms with Crippen LogP contribution in [-0.4, -0.2) is 35.1 Å². The summed E-state index contributed by atoms with van der Waals surface area (Å²) < 4.78 is 0. The van der Waals surface area contributed by atoms with E-state index in [1.165, 1.54) is 10.4 Å². The van der Waals surface area contributed by atoms with Crippen molar-refractivity contribution < 1.29 is 14.7 Å². The normalized spacial score (nSPS) is 13.9. The van der Waals surface area contributed by atoms with Gasteiger partial charge in [-0.15, -0.1) is 11.3 Å². The minimum Gasteiger partial charge on any atom is -0.481 e. The molecular weight excluding hydrogens is 276 g/mol. The van der Waals surface area contributed by atoms with Gasteiger partial charge in [0.25, 0.3) is 0 Å². The predicted octanol–water partition coefficient (Wildman–Crippen LogP) is 2.46. The maximum Gasteiger partial charge on any atom is 0.317 e. The largest absolute Gasteiger partial charge is 0.481 e. The van der Waals surface area contributed by atoms with E-state index in [0.717, 1.165) is 25.8 Å². The monoisotopic (exact) mass is 296 g/mol. The predicted molar refractivity (Wildman–Crippen MR) is 77.9 cm³/mol. The van der Waals surface area contributed by atoms with Crippen LogP contribution in [0.5, 0.6) is 0 Å². The standard InChI is InChI=1S/C14H20N2O3S/c17-13(18)4-2-1-3-7-15-14(19)16-8-5-12-11(10-16)6-9-20-12/h6,9H,1-5,7-8,10H2,(H,15,19)(H,17,18). The van der Waals surface area contributed by atoms with Crippen molar-refractivity contribution in [3.8, 4) is 0 Å². The third-order valence-corrected chi connectivity index (χ3v) is 4.46. The second kappa shape index (κ2) is 7.28. The molecular formula is C14H20N2O3S. The number of rotatable bonds is 6. The van der Waals surface area contributed by atoms with Gasteiger partial charge in [0.05, 0.1) is 0 Å². The van der Waals surface area contributed by atoms with Gasteiger partial charge in [-0.1, -0.05) is 6.42 Å². The Morgan fingerprint density at radius 3 is 3.00 bits per heavy atom. The summed E-state index contributed by atoms with van der Waals surface area (Å²) in [6.45, 7) is 2.09. The summed E-state index contributed by atoms with van der Waals surface area (Å²) in [5, 5.41) is 13.5. The highest BCUT2D eigenvalue weighted by molar-refractivity contribution is 7.10. The number of carboxylic acids is 1. The Labute approximate surface area is 122 Å². The fourth-order valence-electron chi connectivity index (χ4n) is 2.31. The first-order chi connectivity index (χ1) is 9.66. The molecule has 0 saturated heterocycles. The topological polar surface area (TPSA) is 69.6 Å². The lowest BCUT2D eigenvalue weighted by Crippen LogP contribution is -2.42. The van der Waals surface area contributed by atoms with Crippen molar-refractivity contribution in [2.75, 3.05) is 13.1 Å². The Bertz CT molecular complexity index is 473. The highest BCUT2D eigenvalue weighted by atomic mass is 32.1. The Morgan fingerprint density at radius 2 is 2.20 bits per heavy atom. The third kappa shape index (κ3) is 4.23. The van der Waals surface area contributed by atoms with Crippen LogP contribution in [0.15, 0.2) is 11.4 Å². The van der Waals surface area contributed by atoms with E-state index in [1.807, 2.05) is 4.90 Å². The summed E-state index contributed by atoms with van der Waals surface area (Å²) in [5.74, 6) is -0.756. The van der Waals surface area contributed by atoms with Gasteiger partial charge in [-0.2, -0.15) is 0 Å². The van der Waals surface area contributed by atoms with Crippen LogP contribution in [0.4, 0.5) is 4.79 Å². The van der Waals surface area contributed by atoms with E-state index in [4.69, 9.17) is 5.11 Å². The van der Waals surface area contributed by atoms with Crippen LogP contribution < -0.4 is 5.32 Å². The Balaban J connectivity index is 1.62. The molecule has 20 heavy (non-hydrogen) atoms. The molecule has 2 N–H and O–H groups in total. The first kappa shape index (κ1) is 14.8. The van der Waals surface area contributed by atoms with Gasteiger partial charge in [0.2, 0.25) is 0 Å². The number of thiophene rings is 1. The van der Waals surface area contributed by atoms with Gasteiger partial charge in [0.1, 0.15) is 0 Å². The maximum absolute atomic E-state index is 12.0. The average molecular weight is 296 g/mol. The molecule has 110 valence electrons.